The Balaban J connectivity index is 2.09. The number of hydrogen-bond donors (Lipinski definition) is 2. The molecule has 0 aliphatic heterocycles. The third-order valence-corrected chi connectivity index (χ3v) is 2.75. The van der Waals surface area contributed by atoms with Gasteiger partial charge in [0.25, 0.3) is 0 Å². The molecule has 4 nitrogen and oxygen atoms in total. The largest absolute Gasteiger partial charge is 0.491 e. The van der Waals surface area contributed by atoms with Gasteiger partial charge in [-0.2, -0.15) is 0 Å². The lowest BCUT2D eigenvalue weighted by atomic mass is 10.3. The van der Waals surface area contributed by atoms with Crippen LogP contribution in [0.25, 0.3) is 0 Å². The summed E-state index contributed by atoms with van der Waals surface area (Å²) in [6.07, 6.45) is 1.85. The molecule has 2 N–H and O–H groups in total. The van der Waals surface area contributed by atoms with E-state index in [0.717, 1.165) is 31.6 Å². The third kappa shape index (κ3) is 7.60. The molecule has 0 saturated carbocycles. The molecule has 0 bridgehead atoms. The Kier molecular flexibility index (Phi) is 8.35. The van der Waals surface area contributed by atoms with Crippen LogP contribution in [0.4, 0.5) is 8.78 Å². The molecule has 0 spiro atoms. The van der Waals surface area contributed by atoms with Crippen LogP contribution in [-0.4, -0.2) is 32.1 Å². The number of halogens is 2. The van der Waals surface area contributed by atoms with Crippen LogP contribution >= 0.6 is 0 Å². The average molecular weight is 300 g/mol. The fourth-order valence-corrected chi connectivity index (χ4v) is 1.69. The van der Waals surface area contributed by atoms with Gasteiger partial charge in [-0.25, -0.2) is 8.78 Å². The van der Waals surface area contributed by atoms with E-state index >= 15 is 0 Å². The molecule has 1 rings (SSSR count). The van der Waals surface area contributed by atoms with Gasteiger partial charge in [-0.1, -0.05) is 6.92 Å². The van der Waals surface area contributed by atoms with Crippen LogP contribution < -0.4 is 15.4 Å². The maximum absolute atomic E-state index is 13.3. The quantitative estimate of drug-likeness (QED) is 0.652. The molecule has 6 heteroatoms. The highest BCUT2D eigenvalue weighted by Crippen LogP contribution is 2.17. The minimum Gasteiger partial charge on any atom is -0.491 e. The first-order valence-electron chi connectivity index (χ1n) is 7.18. The second kappa shape index (κ2) is 10.1. The number of rotatable bonds is 10. The summed E-state index contributed by atoms with van der Waals surface area (Å²) >= 11 is 0. The van der Waals surface area contributed by atoms with Crippen LogP contribution in [0, 0.1) is 11.6 Å². The molecule has 21 heavy (non-hydrogen) atoms. The zero-order valence-corrected chi connectivity index (χ0v) is 12.3. The second-order valence-corrected chi connectivity index (χ2v) is 4.63. The highest BCUT2D eigenvalue weighted by molar-refractivity contribution is 5.75. The van der Waals surface area contributed by atoms with Crippen molar-refractivity contribution in [2.24, 2.45) is 0 Å². The molecule has 0 heterocycles. The fraction of sp³-hybridized carbons (Fsp3) is 0.533. The third-order valence-electron chi connectivity index (χ3n) is 2.75. The molecule has 118 valence electrons. The van der Waals surface area contributed by atoms with E-state index in [-0.39, 0.29) is 18.3 Å². The molecular weight excluding hydrogens is 278 g/mol. The van der Waals surface area contributed by atoms with Gasteiger partial charge in [-0.15, -0.1) is 0 Å². The number of benzene rings is 1. The van der Waals surface area contributed by atoms with E-state index in [1.807, 2.05) is 0 Å². The van der Waals surface area contributed by atoms with Crippen LogP contribution in [0.5, 0.6) is 5.75 Å². The molecule has 1 aromatic rings. The maximum atomic E-state index is 13.3. The van der Waals surface area contributed by atoms with E-state index in [1.165, 1.54) is 6.07 Å². The van der Waals surface area contributed by atoms with E-state index in [0.29, 0.717) is 19.4 Å². The van der Waals surface area contributed by atoms with Crippen LogP contribution in [-0.2, 0) is 4.79 Å². The van der Waals surface area contributed by atoms with Crippen LogP contribution in [0.15, 0.2) is 18.2 Å². The molecule has 1 aromatic carbocycles. The molecule has 0 atom stereocenters. The fourth-order valence-electron chi connectivity index (χ4n) is 1.69. The number of amides is 1. The van der Waals surface area contributed by atoms with E-state index < -0.39 is 11.6 Å². The summed E-state index contributed by atoms with van der Waals surface area (Å²) in [5.41, 5.74) is 0. The Morgan fingerprint density at radius 1 is 1.24 bits per heavy atom. The van der Waals surface area contributed by atoms with E-state index in [1.54, 1.807) is 0 Å². The van der Waals surface area contributed by atoms with Gasteiger partial charge in [-0.3, -0.25) is 4.79 Å². The van der Waals surface area contributed by atoms with Crippen molar-refractivity contribution in [2.45, 2.75) is 26.2 Å². The lowest BCUT2D eigenvalue weighted by Gasteiger charge is -2.08. The first-order chi connectivity index (χ1) is 10.1. The monoisotopic (exact) mass is 300 g/mol. The van der Waals surface area contributed by atoms with Crippen molar-refractivity contribution in [3.05, 3.63) is 29.8 Å². The van der Waals surface area contributed by atoms with Gasteiger partial charge in [0.05, 0.1) is 6.61 Å². The predicted octanol–water partition coefficient (Wildman–Crippen LogP) is 2.24. The second-order valence-electron chi connectivity index (χ2n) is 4.63. The molecule has 0 fully saturated rings. The standard InChI is InChI=1S/C15H22F2N2O2/c1-2-7-18-8-9-19-15(20)4-3-10-21-14-6-5-12(16)11-13(14)17/h5-6,11,18H,2-4,7-10H2,1H3,(H,19,20). The Hall–Kier alpha value is -1.69. The number of carbonyl (C=O) groups excluding carboxylic acids is 1. The van der Waals surface area contributed by atoms with E-state index in [9.17, 15) is 13.6 Å². The normalized spacial score (nSPS) is 10.4. The summed E-state index contributed by atoms with van der Waals surface area (Å²) in [4.78, 5) is 11.5. The Morgan fingerprint density at radius 3 is 2.76 bits per heavy atom. The molecule has 0 aliphatic carbocycles. The predicted molar refractivity (Wildman–Crippen MR) is 77.3 cm³/mol. The van der Waals surface area contributed by atoms with Crippen molar-refractivity contribution in [1.29, 1.82) is 0 Å². The molecule has 0 aromatic heterocycles. The molecule has 0 aliphatic rings. The van der Waals surface area contributed by atoms with Gasteiger partial charge >= 0.3 is 0 Å². The van der Waals surface area contributed by atoms with Gasteiger partial charge in [0, 0.05) is 25.6 Å². The lowest BCUT2D eigenvalue weighted by Crippen LogP contribution is -2.32. The zero-order chi connectivity index (χ0) is 15.5. The molecular formula is C15H22F2N2O2. The number of nitrogens with one attached hydrogen (secondary N) is 2. The molecule has 0 saturated heterocycles. The van der Waals surface area contributed by atoms with Crippen molar-refractivity contribution in [2.75, 3.05) is 26.2 Å². The summed E-state index contributed by atoms with van der Waals surface area (Å²) in [5, 5.41) is 5.96. The van der Waals surface area contributed by atoms with Crippen LogP contribution in [0.3, 0.4) is 0 Å². The van der Waals surface area contributed by atoms with Gasteiger partial charge in [-0.05, 0) is 31.5 Å². The molecule has 0 unspecified atom stereocenters. The summed E-state index contributed by atoms with van der Waals surface area (Å²) in [6.45, 7) is 4.57. The minimum absolute atomic E-state index is 0.000531. The Labute approximate surface area is 123 Å². The summed E-state index contributed by atoms with van der Waals surface area (Å²) < 4.78 is 31.1. The highest BCUT2D eigenvalue weighted by Gasteiger charge is 2.05. The number of carbonyl (C=O) groups is 1. The smallest absolute Gasteiger partial charge is 0.220 e. The van der Waals surface area contributed by atoms with Gasteiger partial charge in [0.15, 0.2) is 11.6 Å². The van der Waals surface area contributed by atoms with Crippen molar-refractivity contribution >= 4 is 5.91 Å². The summed E-state index contributed by atoms with van der Waals surface area (Å²) in [6, 6.07) is 3.14. The molecule has 1 amide bonds. The van der Waals surface area contributed by atoms with Gasteiger partial charge in [0.2, 0.25) is 5.91 Å². The summed E-state index contributed by atoms with van der Waals surface area (Å²) in [5.74, 6) is -1.44. The van der Waals surface area contributed by atoms with Crippen molar-refractivity contribution < 1.29 is 18.3 Å². The van der Waals surface area contributed by atoms with Crippen molar-refractivity contribution in [3.63, 3.8) is 0 Å². The number of ether oxygens (including phenoxy) is 1. The van der Waals surface area contributed by atoms with E-state index in [2.05, 4.69) is 17.6 Å². The Bertz CT molecular complexity index is 442. The SMILES string of the molecule is CCCNCCNC(=O)CCCOc1ccc(F)cc1F. The molecule has 0 radical (unpaired) electrons. The first-order valence-corrected chi connectivity index (χ1v) is 7.18. The minimum atomic E-state index is -0.735. The average Bonchev–Trinajstić information content (AvgIpc) is 2.45. The van der Waals surface area contributed by atoms with Crippen molar-refractivity contribution in [3.8, 4) is 5.75 Å². The topological polar surface area (TPSA) is 50.4 Å². The van der Waals surface area contributed by atoms with E-state index in [4.69, 9.17) is 4.74 Å². The summed E-state index contributed by atoms with van der Waals surface area (Å²) in [7, 11) is 0. The van der Waals surface area contributed by atoms with Gasteiger partial charge in [0.1, 0.15) is 5.82 Å². The Morgan fingerprint density at radius 2 is 2.05 bits per heavy atom. The van der Waals surface area contributed by atoms with Gasteiger partial charge < -0.3 is 15.4 Å². The van der Waals surface area contributed by atoms with Crippen molar-refractivity contribution in [1.82, 2.24) is 10.6 Å². The van der Waals surface area contributed by atoms with Crippen LogP contribution in [0.2, 0.25) is 0 Å². The van der Waals surface area contributed by atoms with Crippen LogP contribution in [0.1, 0.15) is 26.2 Å². The maximum Gasteiger partial charge on any atom is 0.220 e. The highest BCUT2D eigenvalue weighted by atomic mass is 19.1. The zero-order valence-electron chi connectivity index (χ0n) is 12.3. The lowest BCUT2D eigenvalue weighted by molar-refractivity contribution is -0.121. The first kappa shape index (κ1) is 17.4. The number of hydrogen-bond acceptors (Lipinski definition) is 3.